The summed E-state index contributed by atoms with van der Waals surface area (Å²) in [5.41, 5.74) is 0.734. The number of sulfonamides is 1. The van der Waals surface area contributed by atoms with Crippen LogP contribution >= 0.6 is 11.6 Å². The number of piperazine rings is 1. The summed E-state index contributed by atoms with van der Waals surface area (Å²) in [6.07, 6.45) is 1.36. The first-order valence-electron chi connectivity index (χ1n) is 17.3. The van der Waals surface area contributed by atoms with Crippen LogP contribution in [-0.2, 0) is 30.7 Å². The monoisotopic (exact) mass is 745 g/mol. The van der Waals surface area contributed by atoms with Gasteiger partial charge in [0.1, 0.15) is 17.2 Å². The Morgan fingerprint density at radius 2 is 1.67 bits per heavy atom. The maximum absolute atomic E-state index is 15.6. The predicted octanol–water partition coefficient (Wildman–Crippen LogP) is 7.79. The molecule has 0 bridgehead atoms. The van der Waals surface area contributed by atoms with E-state index in [0.717, 1.165) is 30.5 Å². The Bertz CT molecular complexity index is 1780. The summed E-state index contributed by atoms with van der Waals surface area (Å²) < 4.78 is 69.8. The molecule has 2 amide bonds. The number of ether oxygens (including phenoxy) is 2. The van der Waals surface area contributed by atoms with Gasteiger partial charge in [-0.3, -0.25) is 4.79 Å². The lowest BCUT2D eigenvalue weighted by atomic mass is 9.79. The molecule has 2 heterocycles. The molecular formula is C38H46ClF2N3O6S. The summed E-state index contributed by atoms with van der Waals surface area (Å²) in [4.78, 5) is 28.2. The first-order valence-corrected chi connectivity index (χ1v) is 19.1. The summed E-state index contributed by atoms with van der Waals surface area (Å²) in [6, 6.07) is 15.0. The van der Waals surface area contributed by atoms with Gasteiger partial charge in [-0.1, -0.05) is 29.8 Å². The SMILES string of the molecule is CC1CN(C(=O)OC(C)(C)C)CC(CCc2c(F)cccc2NC(=O)CC(c2ccc(Cl)cc2)C2CCOCC2)N1S(=O)(=O)c1ccc(F)cc1. The lowest BCUT2D eigenvalue weighted by Gasteiger charge is -2.44. The molecule has 0 radical (unpaired) electrons. The van der Waals surface area contributed by atoms with Gasteiger partial charge in [-0.25, -0.2) is 22.0 Å². The Hall–Kier alpha value is -3.58. The third kappa shape index (κ3) is 9.85. The smallest absolute Gasteiger partial charge is 0.410 e. The molecule has 2 aliphatic rings. The average molecular weight is 746 g/mol. The van der Waals surface area contributed by atoms with Crippen molar-refractivity contribution in [3.8, 4) is 0 Å². The molecule has 1 N–H and O–H groups in total. The van der Waals surface area contributed by atoms with Crippen molar-refractivity contribution in [1.82, 2.24) is 9.21 Å². The standard InChI is InChI=1S/C38H46ClF2N3O6S/c1-25-23-43(37(46)50-38(2,3)4)24-30(44(25)51(47,48)31-15-12-29(40)13-16-31)14-17-32-34(41)6-5-7-35(32)42-36(45)22-33(27-18-20-49-21-19-27)26-8-10-28(39)11-9-26/h5-13,15-16,25,27,30,33H,14,17-24H2,1-4H3,(H,42,45). The molecule has 3 atom stereocenters. The molecule has 0 aliphatic carbocycles. The zero-order chi connectivity index (χ0) is 36.9. The van der Waals surface area contributed by atoms with E-state index < -0.39 is 45.4 Å². The van der Waals surface area contributed by atoms with Gasteiger partial charge in [0.2, 0.25) is 15.9 Å². The quantitative estimate of drug-likeness (QED) is 0.227. The molecule has 3 aromatic carbocycles. The molecule has 51 heavy (non-hydrogen) atoms. The number of amides is 2. The molecule has 5 rings (SSSR count). The van der Waals surface area contributed by atoms with Crippen molar-refractivity contribution in [3.63, 3.8) is 0 Å². The topological polar surface area (TPSA) is 105 Å². The summed E-state index contributed by atoms with van der Waals surface area (Å²) in [5, 5.41) is 3.54. The Balaban J connectivity index is 1.39. The van der Waals surface area contributed by atoms with Crippen LogP contribution in [0.4, 0.5) is 19.3 Å². The van der Waals surface area contributed by atoms with Gasteiger partial charge in [0.15, 0.2) is 0 Å². The molecule has 2 aliphatic heterocycles. The fraction of sp³-hybridized carbons (Fsp3) is 0.474. The van der Waals surface area contributed by atoms with Crippen molar-refractivity contribution in [2.75, 3.05) is 31.6 Å². The summed E-state index contributed by atoms with van der Waals surface area (Å²) in [5.74, 6) is -1.29. The number of anilines is 1. The molecule has 3 unspecified atom stereocenters. The maximum Gasteiger partial charge on any atom is 0.410 e. The maximum atomic E-state index is 15.6. The third-order valence-corrected chi connectivity index (χ3v) is 11.7. The molecule has 3 aromatic rings. The van der Waals surface area contributed by atoms with Gasteiger partial charge >= 0.3 is 6.09 Å². The van der Waals surface area contributed by atoms with Gasteiger partial charge in [-0.05, 0) is 119 Å². The fourth-order valence-corrected chi connectivity index (χ4v) is 9.01. The minimum Gasteiger partial charge on any atom is -0.444 e. The van der Waals surface area contributed by atoms with Crippen LogP contribution < -0.4 is 5.32 Å². The van der Waals surface area contributed by atoms with Gasteiger partial charge in [0.25, 0.3) is 0 Å². The fourth-order valence-electron chi connectivity index (χ4n) is 7.05. The second-order valence-corrected chi connectivity index (χ2v) is 16.6. The molecular weight excluding hydrogens is 700 g/mol. The zero-order valence-corrected chi connectivity index (χ0v) is 31.0. The number of benzene rings is 3. The van der Waals surface area contributed by atoms with E-state index in [4.69, 9.17) is 21.1 Å². The molecule has 2 fully saturated rings. The normalized spacial score (nSPS) is 19.8. The van der Waals surface area contributed by atoms with E-state index >= 15 is 4.39 Å². The molecule has 2 saturated heterocycles. The first kappa shape index (κ1) is 38.6. The van der Waals surface area contributed by atoms with Crippen LogP contribution in [0.1, 0.15) is 70.4 Å². The second-order valence-electron chi connectivity index (χ2n) is 14.3. The van der Waals surface area contributed by atoms with E-state index in [1.807, 2.05) is 12.1 Å². The van der Waals surface area contributed by atoms with E-state index in [1.165, 1.54) is 33.5 Å². The van der Waals surface area contributed by atoms with E-state index in [-0.39, 0.29) is 60.6 Å². The highest BCUT2D eigenvalue weighted by Crippen LogP contribution is 2.36. The zero-order valence-electron chi connectivity index (χ0n) is 29.4. The Kier molecular flexibility index (Phi) is 12.4. The Morgan fingerprint density at radius 3 is 2.31 bits per heavy atom. The highest BCUT2D eigenvalue weighted by molar-refractivity contribution is 7.89. The van der Waals surface area contributed by atoms with Crippen LogP contribution in [0.15, 0.2) is 71.6 Å². The largest absolute Gasteiger partial charge is 0.444 e. The van der Waals surface area contributed by atoms with Crippen molar-refractivity contribution >= 4 is 39.3 Å². The number of rotatable bonds is 10. The Morgan fingerprint density at radius 1 is 1.00 bits per heavy atom. The van der Waals surface area contributed by atoms with E-state index in [0.29, 0.717) is 23.9 Å². The van der Waals surface area contributed by atoms with Crippen molar-refractivity contribution in [2.24, 2.45) is 5.92 Å². The van der Waals surface area contributed by atoms with Gasteiger partial charge in [0.05, 0.1) is 4.90 Å². The van der Waals surface area contributed by atoms with Crippen molar-refractivity contribution < 1.29 is 36.3 Å². The third-order valence-electron chi connectivity index (χ3n) is 9.41. The molecule has 0 aromatic heterocycles. The summed E-state index contributed by atoms with van der Waals surface area (Å²) in [6.45, 7) is 8.21. The first-order chi connectivity index (χ1) is 24.1. The van der Waals surface area contributed by atoms with Crippen LogP contribution in [0.5, 0.6) is 0 Å². The molecule has 276 valence electrons. The molecule has 0 saturated carbocycles. The van der Waals surface area contributed by atoms with Crippen LogP contribution in [0, 0.1) is 17.6 Å². The predicted molar refractivity (Wildman–Crippen MR) is 192 cm³/mol. The highest BCUT2D eigenvalue weighted by atomic mass is 35.5. The molecule has 0 spiro atoms. The Labute approximate surface area is 304 Å². The van der Waals surface area contributed by atoms with Crippen LogP contribution in [0.3, 0.4) is 0 Å². The van der Waals surface area contributed by atoms with Crippen LogP contribution in [-0.4, -0.2) is 73.6 Å². The van der Waals surface area contributed by atoms with Crippen LogP contribution in [0.25, 0.3) is 0 Å². The van der Waals surface area contributed by atoms with Gasteiger partial charge < -0.3 is 19.7 Å². The number of carbonyl (C=O) groups excluding carboxylic acids is 2. The summed E-state index contributed by atoms with van der Waals surface area (Å²) in [7, 11) is -4.15. The number of nitrogens with one attached hydrogen (secondary N) is 1. The number of carbonyl (C=O) groups is 2. The lowest BCUT2D eigenvalue weighted by Crippen LogP contribution is -2.61. The number of hydrogen-bond donors (Lipinski definition) is 1. The number of hydrogen-bond acceptors (Lipinski definition) is 6. The molecule has 13 heteroatoms. The number of halogens is 3. The van der Waals surface area contributed by atoms with Gasteiger partial charge in [-0.2, -0.15) is 4.31 Å². The second kappa shape index (κ2) is 16.4. The van der Waals surface area contributed by atoms with Gasteiger partial charge in [-0.15, -0.1) is 0 Å². The lowest BCUT2D eigenvalue weighted by molar-refractivity contribution is -0.117. The average Bonchev–Trinajstić information content (AvgIpc) is 3.07. The summed E-state index contributed by atoms with van der Waals surface area (Å²) >= 11 is 6.15. The highest BCUT2D eigenvalue weighted by Gasteiger charge is 2.42. The van der Waals surface area contributed by atoms with Gasteiger partial charge in [0, 0.05) is 61.1 Å². The van der Waals surface area contributed by atoms with Crippen LogP contribution in [0.2, 0.25) is 5.02 Å². The minimum absolute atomic E-state index is 0.0102. The van der Waals surface area contributed by atoms with Crippen molar-refractivity contribution in [2.45, 2.75) is 88.3 Å². The van der Waals surface area contributed by atoms with Crippen molar-refractivity contribution in [3.05, 3.63) is 94.5 Å². The minimum atomic E-state index is -4.15. The molecule has 9 nitrogen and oxygen atoms in total. The van der Waals surface area contributed by atoms with E-state index in [9.17, 15) is 22.4 Å². The van der Waals surface area contributed by atoms with E-state index in [1.54, 1.807) is 45.9 Å². The van der Waals surface area contributed by atoms with E-state index in [2.05, 4.69) is 5.32 Å². The van der Waals surface area contributed by atoms with Crippen molar-refractivity contribution in [1.29, 1.82) is 0 Å². The number of nitrogens with zero attached hydrogens (tertiary/aromatic N) is 2.